The van der Waals surface area contributed by atoms with Crippen molar-refractivity contribution < 1.29 is 33.9 Å². The Hall–Kier alpha value is -3.03. The highest BCUT2D eigenvalue weighted by Crippen LogP contribution is 2.16. The molecule has 0 aliphatic rings. The third-order valence-corrected chi connectivity index (χ3v) is 3.50. The summed E-state index contributed by atoms with van der Waals surface area (Å²) in [6, 6.07) is 12.0. The van der Waals surface area contributed by atoms with Crippen LogP contribution in [-0.4, -0.2) is 28.9 Å². The summed E-state index contributed by atoms with van der Waals surface area (Å²) >= 11 is 0. The molecule has 0 saturated heterocycles. The third kappa shape index (κ3) is 7.09. The Morgan fingerprint density at radius 3 is 1.07 bits per heavy atom. The molecule has 0 unspecified atom stereocenters. The SMILES string of the molecule is CC(C)(C)OOC(=O)c1ccc(C(=O)c2ccc(C(=O)OOC(C)(C)C)cc2)cc1. The molecule has 0 amide bonds. The number of rotatable bonds is 6. The number of hydrogen-bond acceptors (Lipinski definition) is 7. The van der Waals surface area contributed by atoms with Crippen LogP contribution in [0.5, 0.6) is 0 Å². The molecule has 2 rings (SSSR count). The van der Waals surface area contributed by atoms with Crippen molar-refractivity contribution in [3.8, 4) is 0 Å². The van der Waals surface area contributed by atoms with E-state index in [4.69, 9.17) is 19.6 Å². The maximum absolute atomic E-state index is 12.6. The van der Waals surface area contributed by atoms with Crippen molar-refractivity contribution in [1.82, 2.24) is 0 Å². The predicted molar refractivity (Wildman–Crippen MR) is 109 cm³/mol. The van der Waals surface area contributed by atoms with Crippen LogP contribution in [0.25, 0.3) is 0 Å². The maximum Gasteiger partial charge on any atom is 0.373 e. The van der Waals surface area contributed by atoms with E-state index in [1.807, 2.05) is 0 Å². The third-order valence-electron chi connectivity index (χ3n) is 3.50. The first-order valence-corrected chi connectivity index (χ1v) is 9.40. The molecule has 160 valence electrons. The van der Waals surface area contributed by atoms with Gasteiger partial charge in [0.1, 0.15) is 11.2 Å². The predicted octanol–water partition coefficient (Wildman–Crippen LogP) is 4.69. The quantitative estimate of drug-likeness (QED) is 0.385. The van der Waals surface area contributed by atoms with Crippen LogP contribution in [0.1, 0.15) is 78.2 Å². The minimum absolute atomic E-state index is 0.257. The zero-order valence-electron chi connectivity index (χ0n) is 18.0. The Morgan fingerprint density at radius 1 is 0.533 bits per heavy atom. The van der Waals surface area contributed by atoms with Crippen LogP contribution in [0.2, 0.25) is 0 Å². The van der Waals surface area contributed by atoms with Gasteiger partial charge in [-0.3, -0.25) is 14.6 Å². The molecular formula is C23H26O7. The topological polar surface area (TPSA) is 88.1 Å². The smallest absolute Gasteiger partial charge is 0.292 e. The van der Waals surface area contributed by atoms with Gasteiger partial charge in [0, 0.05) is 11.1 Å². The molecule has 0 spiro atoms. The largest absolute Gasteiger partial charge is 0.373 e. The fourth-order valence-corrected chi connectivity index (χ4v) is 2.10. The molecule has 0 fully saturated rings. The van der Waals surface area contributed by atoms with Crippen LogP contribution in [-0.2, 0) is 19.6 Å². The van der Waals surface area contributed by atoms with Crippen LogP contribution in [0.15, 0.2) is 48.5 Å². The van der Waals surface area contributed by atoms with Crippen LogP contribution in [0.4, 0.5) is 0 Å². The Morgan fingerprint density at radius 2 is 0.800 bits per heavy atom. The summed E-state index contributed by atoms with van der Waals surface area (Å²) in [6.07, 6.45) is 0. The Bertz CT molecular complexity index is 823. The van der Waals surface area contributed by atoms with E-state index in [1.165, 1.54) is 48.5 Å². The average Bonchev–Trinajstić information content (AvgIpc) is 2.69. The fourth-order valence-electron chi connectivity index (χ4n) is 2.10. The molecule has 7 heteroatoms. The molecule has 0 N–H and O–H groups in total. The van der Waals surface area contributed by atoms with E-state index in [-0.39, 0.29) is 16.9 Å². The van der Waals surface area contributed by atoms with E-state index < -0.39 is 23.1 Å². The summed E-state index contributed by atoms with van der Waals surface area (Å²) in [7, 11) is 0. The van der Waals surface area contributed by atoms with E-state index in [0.29, 0.717) is 11.1 Å². The summed E-state index contributed by atoms with van der Waals surface area (Å²) < 4.78 is 0. The van der Waals surface area contributed by atoms with Crippen molar-refractivity contribution in [1.29, 1.82) is 0 Å². The number of carbonyl (C=O) groups is 3. The first kappa shape index (κ1) is 23.3. The van der Waals surface area contributed by atoms with Gasteiger partial charge in [-0.15, -0.1) is 0 Å². The summed E-state index contributed by atoms with van der Waals surface area (Å²) in [5.41, 5.74) is 0.0383. The van der Waals surface area contributed by atoms with E-state index in [1.54, 1.807) is 41.5 Å². The van der Waals surface area contributed by atoms with Crippen LogP contribution < -0.4 is 0 Å². The standard InChI is InChI=1S/C23H26O7/c1-22(2,3)29-27-20(25)17-11-7-15(8-12-17)19(24)16-9-13-18(14-10-16)21(26)28-30-23(4,5)6/h7-14H,1-6H3. The molecule has 0 bridgehead atoms. The summed E-state index contributed by atoms with van der Waals surface area (Å²) in [6.45, 7) is 10.5. The second-order valence-electron chi connectivity index (χ2n) is 8.62. The second-order valence-corrected chi connectivity index (χ2v) is 8.62. The zero-order chi connectivity index (χ0) is 22.5. The maximum atomic E-state index is 12.6. The monoisotopic (exact) mass is 414 g/mol. The molecule has 0 heterocycles. The normalized spacial score (nSPS) is 11.7. The van der Waals surface area contributed by atoms with Crippen molar-refractivity contribution in [3.63, 3.8) is 0 Å². The van der Waals surface area contributed by atoms with Gasteiger partial charge in [0.25, 0.3) is 0 Å². The summed E-state index contributed by atoms with van der Waals surface area (Å²) in [5, 5.41) is 0. The lowest BCUT2D eigenvalue weighted by Gasteiger charge is -2.16. The Balaban J connectivity index is 2.03. The minimum Gasteiger partial charge on any atom is -0.292 e. The molecule has 30 heavy (non-hydrogen) atoms. The van der Waals surface area contributed by atoms with Gasteiger partial charge in [-0.1, -0.05) is 24.3 Å². The van der Waals surface area contributed by atoms with Crippen LogP contribution >= 0.6 is 0 Å². The molecule has 0 saturated carbocycles. The van der Waals surface area contributed by atoms with Gasteiger partial charge < -0.3 is 0 Å². The molecule has 0 radical (unpaired) electrons. The number of benzene rings is 2. The van der Waals surface area contributed by atoms with Gasteiger partial charge in [0.05, 0.1) is 11.1 Å². The van der Waals surface area contributed by atoms with Crippen LogP contribution in [0, 0.1) is 0 Å². The highest BCUT2D eigenvalue weighted by molar-refractivity contribution is 6.09. The lowest BCUT2D eigenvalue weighted by Crippen LogP contribution is -2.22. The highest BCUT2D eigenvalue weighted by atomic mass is 17.2. The fraction of sp³-hybridized carbons (Fsp3) is 0.348. The Kier molecular flexibility index (Phi) is 7.12. The Labute approximate surface area is 175 Å². The number of hydrogen-bond donors (Lipinski definition) is 0. The van der Waals surface area contributed by atoms with Gasteiger partial charge >= 0.3 is 11.9 Å². The molecule has 0 aromatic heterocycles. The molecular weight excluding hydrogens is 388 g/mol. The van der Waals surface area contributed by atoms with Crippen molar-refractivity contribution in [2.24, 2.45) is 0 Å². The van der Waals surface area contributed by atoms with Gasteiger partial charge in [-0.25, -0.2) is 9.59 Å². The van der Waals surface area contributed by atoms with Crippen molar-refractivity contribution >= 4 is 17.7 Å². The molecule has 0 atom stereocenters. The van der Waals surface area contributed by atoms with E-state index in [2.05, 4.69) is 0 Å². The molecule has 0 aliphatic heterocycles. The molecule has 7 nitrogen and oxygen atoms in total. The first-order chi connectivity index (χ1) is 13.9. The number of ketones is 1. The van der Waals surface area contributed by atoms with Gasteiger partial charge in [0.15, 0.2) is 5.78 Å². The van der Waals surface area contributed by atoms with Crippen LogP contribution in [0.3, 0.4) is 0 Å². The summed E-state index contributed by atoms with van der Waals surface area (Å²) in [5.74, 6) is -1.56. The van der Waals surface area contributed by atoms with E-state index >= 15 is 0 Å². The van der Waals surface area contributed by atoms with Crippen molar-refractivity contribution in [2.75, 3.05) is 0 Å². The van der Waals surface area contributed by atoms with Gasteiger partial charge in [-0.2, -0.15) is 9.78 Å². The van der Waals surface area contributed by atoms with Gasteiger partial charge in [-0.05, 0) is 65.8 Å². The molecule has 0 aliphatic carbocycles. The number of carbonyl (C=O) groups excluding carboxylic acids is 3. The van der Waals surface area contributed by atoms with E-state index in [9.17, 15) is 14.4 Å². The molecule has 2 aromatic rings. The van der Waals surface area contributed by atoms with Crippen molar-refractivity contribution in [2.45, 2.75) is 52.7 Å². The minimum atomic E-state index is -0.649. The molecule has 2 aromatic carbocycles. The second kappa shape index (κ2) is 9.19. The lowest BCUT2D eigenvalue weighted by molar-refractivity contribution is -0.301. The first-order valence-electron chi connectivity index (χ1n) is 9.40. The average molecular weight is 414 g/mol. The van der Waals surface area contributed by atoms with Gasteiger partial charge in [0.2, 0.25) is 0 Å². The van der Waals surface area contributed by atoms with E-state index in [0.717, 1.165) is 0 Å². The zero-order valence-corrected chi connectivity index (χ0v) is 18.0. The summed E-state index contributed by atoms with van der Waals surface area (Å²) in [4.78, 5) is 56.1. The highest BCUT2D eigenvalue weighted by Gasteiger charge is 2.19. The lowest BCUT2D eigenvalue weighted by atomic mass is 10.0. The van der Waals surface area contributed by atoms with Crippen molar-refractivity contribution in [3.05, 3.63) is 70.8 Å².